The molecule has 0 bridgehead atoms. The smallest absolute Gasteiger partial charge is 0.241 e. The number of amides is 1. The second kappa shape index (κ2) is 5.72. The van der Waals surface area contributed by atoms with Crippen LogP contribution < -0.4 is 16.4 Å². The third kappa shape index (κ3) is 2.92. The van der Waals surface area contributed by atoms with Crippen molar-refractivity contribution in [3.63, 3.8) is 0 Å². The largest absolute Gasteiger partial charge is 0.389 e. The Kier molecular flexibility index (Phi) is 4.55. The molecule has 0 saturated heterocycles. The van der Waals surface area contributed by atoms with E-state index in [1.807, 2.05) is 0 Å². The second-order valence-electron chi connectivity index (χ2n) is 3.63. The van der Waals surface area contributed by atoms with E-state index in [4.69, 9.17) is 5.73 Å². The van der Waals surface area contributed by atoms with Crippen LogP contribution in [0.4, 0.5) is 14.5 Å². The number of carbonyl (C=O) groups is 1. The summed E-state index contributed by atoms with van der Waals surface area (Å²) in [6.07, 6.45) is 0. The fraction of sp³-hybridized carbons (Fsp3) is 0.273. The zero-order valence-corrected chi connectivity index (χ0v) is 10.7. The number of anilines is 1. The lowest BCUT2D eigenvalue weighted by atomic mass is 10.1. The lowest BCUT2D eigenvalue weighted by molar-refractivity contribution is -0.121. The molecule has 0 aromatic heterocycles. The molecule has 0 radical (unpaired) electrons. The summed E-state index contributed by atoms with van der Waals surface area (Å²) in [4.78, 5) is 11.0. The van der Waals surface area contributed by atoms with E-state index in [1.165, 1.54) is 26.1 Å². The second-order valence-corrected chi connectivity index (χ2v) is 4.07. The lowest BCUT2D eigenvalue weighted by Crippen LogP contribution is -2.35. The van der Waals surface area contributed by atoms with Crippen molar-refractivity contribution in [3.05, 3.63) is 29.3 Å². The Bertz CT molecular complexity index is 493. The van der Waals surface area contributed by atoms with E-state index in [-0.39, 0.29) is 22.1 Å². The van der Waals surface area contributed by atoms with Crippen LogP contribution in [0.2, 0.25) is 0 Å². The average molecular weight is 273 g/mol. The molecule has 1 aromatic carbocycles. The van der Waals surface area contributed by atoms with Crippen molar-refractivity contribution < 1.29 is 13.6 Å². The fourth-order valence-corrected chi connectivity index (χ4v) is 1.52. The number of thiocarbonyl (C=S) groups is 1. The number of hydrogen-bond donors (Lipinski definition) is 3. The van der Waals surface area contributed by atoms with Crippen molar-refractivity contribution in [1.82, 2.24) is 5.32 Å². The predicted octanol–water partition coefficient (Wildman–Crippen LogP) is 1.15. The molecule has 4 nitrogen and oxygen atoms in total. The van der Waals surface area contributed by atoms with Crippen LogP contribution in [0.5, 0.6) is 0 Å². The van der Waals surface area contributed by atoms with Gasteiger partial charge in [0, 0.05) is 12.6 Å². The van der Waals surface area contributed by atoms with Gasteiger partial charge < -0.3 is 16.4 Å². The molecule has 1 rings (SSSR count). The molecule has 0 aliphatic heterocycles. The molecule has 0 saturated carbocycles. The summed E-state index contributed by atoms with van der Waals surface area (Å²) in [5.74, 6) is -2.58. The van der Waals surface area contributed by atoms with Crippen LogP contribution in [-0.2, 0) is 4.79 Å². The highest BCUT2D eigenvalue weighted by Crippen LogP contribution is 2.21. The Morgan fingerprint density at radius 3 is 2.50 bits per heavy atom. The molecule has 7 heteroatoms. The molecule has 1 amide bonds. The van der Waals surface area contributed by atoms with Gasteiger partial charge in [0.1, 0.15) is 11.0 Å². The van der Waals surface area contributed by atoms with E-state index < -0.39 is 17.7 Å². The monoisotopic (exact) mass is 273 g/mol. The van der Waals surface area contributed by atoms with Gasteiger partial charge in [0.2, 0.25) is 5.91 Å². The minimum Gasteiger partial charge on any atom is -0.389 e. The van der Waals surface area contributed by atoms with Gasteiger partial charge >= 0.3 is 0 Å². The Hall–Kier alpha value is -1.76. The summed E-state index contributed by atoms with van der Waals surface area (Å²) in [6.45, 7) is 1.53. The van der Waals surface area contributed by atoms with Crippen LogP contribution in [0.15, 0.2) is 12.1 Å². The third-order valence-electron chi connectivity index (χ3n) is 2.36. The van der Waals surface area contributed by atoms with Crippen LogP contribution in [0.1, 0.15) is 12.5 Å². The Morgan fingerprint density at radius 1 is 1.39 bits per heavy atom. The maximum atomic E-state index is 13.7. The minimum atomic E-state index is -1.13. The highest BCUT2D eigenvalue weighted by molar-refractivity contribution is 7.80. The highest BCUT2D eigenvalue weighted by Gasteiger charge is 2.18. The van der Waals surface area contributed by atoms with E-state index >= 15 is 0 Å². The molecule has 1 unspecified atom stereocenters. The summed E-state index contributed by atoms with van der Waals surface area (Å²) < 4.78 is 27.2. The first-order chi connectivity index (χ1) is 8.38. The van der Waals surface area contributed by atoms with Crippen molar-refractivity contribution in [1.29, 1.82) is 0 Å². The molecule has 0 aliphatic rings. The zero-order valence-electron chi connectivity index (χ0n) is 9.88. The molecule has 18 heavy (non-hydrogen) atoms. The number of carbonyl (C=O) groups excluding carboxylic acids is 1. The van der Waals surface area contributed by atoms with Crippen molar-refractivity contribution >= 4 is 28.8 Å². The molecule has 0 aliphatic carbocycles. The van der Waals surface area contributed by atoms with Crippen LogP contribution in [0.3, 0.4) is 0 Å². The van der Waals surface area contributed by atoms with Crippen molar-refractivity contribution in [2.45, 2.75) is 13.0 Å². The summed E-state index contributed by atoms with van der Waals surface area (Å²) in [5.41, 5.74) is 4.96. The molecule has 1 atom stereocenters. The molecule has 98 valence electrons. The number of rotatable bonds is 4. The van der Waals surface area contributed by atoms with Gasteiger partial charge in [-0.1, -0.05) is 12.2 Å². The Balaban J connectivity index is 3.03. The predicted molar refractivity (Wildman–Crippen MR) is 69.4 cm³/mol. The number of nitrogens with one attached hydrogen (secondary N) is 2. The summed E-state index contributed by atoms with van der Waals surface area (Å²) >= 11 is 4.59. The van der Waals surface area contributed by atoms with Gasteiger partial charge in [-0.3, -0.25) is 4.79 Å². The van der Waals surface area contributed by atoms with Gasteiger partial charge in [0.25, 0.3) is 0 Å². The number of benzene rings is 1. The normalized spacial score (nSPS) is 11.8. The SMILES string of the molecule is CNC(=O)C(C)Nc1ccc(C(N)=S)c(F)c1F. The molecule has 4 N–H and O–H groups in total. The van der Waals surface area contributed by atoms with Crippen LogP contribution in [0, 0.1) is 11.6 Å². The van der Waals surface area contributed by atoms with E-state index in [2.05, 4.69) is 22.9 Å². The van der Waals surface area contributed by atoms with Crippen molar-refractivity contribution in [3.8, 4) is 0 Å². The van der Waals surface area contributed by atoms with Crippen LogP contribution in [0.25, 0.3) is 0 Å². The van der Waals surface area contributed by atoms with Gasteiger partial charge in [-0.2, -0.15) is 0 Å². The first-order valence-electron chi connectivity index (χ1n) is 5.14. The van der Waals surface area contributed by atoms with Gasteiger partial charge in [-0.05, 0) is 19.1 Å². The molecule has 0 fully saturated rings. The van der Waals surface area contributed by atoms with Crippen molar-refractivity contribution in [2.24, 2.45) is 5.73 Å². The lowest BCUT2D eigenvalue weighted by Gasteiger charge is -2.15. The Labute approximate surface area is 109 Å². The van der Waals surface area contributed by atoms with Gasteiger partial charge in [0.05, 0.1) is 5.69 Å². The van der Waals surface area contributed by atoms with Gasteiger partial charge in [-0.25, -0.2) is 8.78 Å². The molecular weight excluding hydrogens is 260 g/mol. The maximum absolute atomic E-state index is 13.7. The Morgan fingerprint density at radius 2 is 2.00 bits per heavy atom. The van der Waals surface area contributed by atoms with Crippen LogP contribution in [-0.4, -0.2) is 24.0 Å². The third-order valence-corrected chi connectivity index (χ3v) is 2.58. The van der Waals surface area contributed by atoms with Gasteiger partial charge in [-0.15, -0.1) is 0 Å². The van der Waals surface area contributed by atoms with E-state index in [9.17, 15) is 13.6 Å². The topological polar surface area (TPSA) is 67.2 Å². The first kappa shape index (κ1) is 14.3. The standard InChI is InChI=1S/C11H13F2N3OS/c1-5(11(17)15-2)16-7-4-3-6(10(14)18)8(12)9(7)13/h3-5,16H,1-2H3,(H2,14,18)(H,15,17). The number of likely N-dealkylation sites (N-methyl/N-ethyl adjacent to an activating group) is 1. The number of halogens is 2. The summed E-state index contributed by atoms with van der Waals surface area (Å²) in [5, 5.41) is 4.95. The molecule has 1 aromatic rings. The van der Waals surface area contributed by atoms with E-state index in [1.54, 1.807) is 0 Å². The number of hydrogen-bond acceptors (Lipinski definition) is 3. The quantitative estimate of drug-likeness (QED) is 0.720. The maximum Gasteiger partial charge on any atom is 0.241 e. The minimum absolute atomic E-state index is 0.122. The highest BCUT2D eigenvalue weighted by atomic mass is 32.1. The van der Waals surface area contributed by atoms with E-state index in [0.29, 0.717) is 0 Å². The molecule has 0 heterocycles. The zero-order chi connectivity index (χ0) is 13.9. The van der Waals surface area contributed by atoms with Gasteiger partial charge in [0.15, 0.2) is 11.6 Å². The molecular formula is C11H13F2N3OS. The van der Waals surface area contributed by atoms with E-state index in [0.717, 1.165) is 0 Å². The van der Waals surface area contributed by atoms with Crippen LogP contribution >= 0.6 is 12.2 Å². The summed E-state index contributed by atoms with van der Waals surface area (Å²) in [7, 11) is 1.45. The fourth-order valence-electron chi connectivity index (χ4n) is 1.37. The summed E-state index contributed by atoms with van der Waals surface area (Å²) in [6, 6.07) is 1.85. The molecule has 0 spiro atoms. The first-order valence-corrected chi connectivity index (χ1v) is 5.55. The van der Waals surface area contributed by atoms with Crippen molar-refractivity contribution in [2.75, 3.05) is 12.4 Å². The number of nitrogens with two attached hydrogens (primary N) is 1. The average Bonchev–Trinajstić information content (AvgIpc) is 2.33.